The third kappa shape index (κ3) is 5.50. The van der Waals surface area contributed by atoms with Gasteiger partial charge in [0.2, 0.25) is 16.0 Å². The van der Waals surface area contributed by atoms with Gasteiger partial charge in [-0.15, -0.1) is 0 Å². The van der Waals surface area contributed by atoms with Gasteiger partial charge in [0.25, 0.3) is 5.91 Å². The predicted octanol–water partition coefficient (Wildman–Crippen LogP) is 2.73. The van der Waals surface area contributed by atoms with Crippen molar-refractivity contribution in [1.29, 1.82) is 0 Å². The molecular formula is C25H20FN7O6S. The van der Waals surface area contributed by atoms with Crippen LogP contribution in [0.3, 0.4) is 0 Å². The van der Waals surface area contributed by atoms with Gasteiger partial charge in [0, 0.05) is 18.0 Å². The van der Waals surface area contributed by atoms with E-state index < -0.39 is 33.8 Å². The number of aliphatic imine (C=N–C) groups is 1. The summed E-state index contributed by atoms with van der Waals surface area (Å²) >= 11 is 0. The standard InChI is InChI=1S/C25H20FN7O6S/c1-12-20(22(34)31-19-10-14(23(35)36)7-8-28-19)21(13-3-2-4-16(9-13)40(27,37)38)32-24(29-12)33-25-30-17-6-5-15(26)11-18(17)39-25/h2-11,21H,1H3,(H,35,36)(H2,27,37,38)(H,28,31,34)(H2,29,30,32,33). The highest BCUT2D eigenvalue weighted by Gasteiger charge is 2.31. The summed E-state index contributed by atoms with van der Waals surface area (Å²) < 4.78 is 43.1. The van der Waals surface area contributed by atoms with Crippen molar-refractivity contribution in [1.82, 2.24) is 15.3 Å². The maximum atomic E-state index is 13.6. The first-order chi connectivity index (χ1) is 19.0. The number of primary sulfonamides is 1. The summed E-state index contributed by atoms with van der Waals surface area (Å²) in [6, 6.07) is 10.9. The van der Waals surface area contributed by atoms with Crippen LogP contribution >= 0.6 is 0 Å². The molecule has 0 fully saturated rings. The highest BCUT2D eigenvalue weighted by molar-refractivity contribution is 7.89. The second-order valence-corrected chi connectivity index (χ2v) is 10.2. The van der Waals surface area contributed by atoms with Crippen molar-refractivity contribution in [3.63, 3.8) is 0 Å². The number of carboxylic acids is 1. The van der Waals surface area contributed by atoms with Gasteiger partial charge in [-0.1, -0.05) is 12.1 Å². The van der Waals surface area contributed by atoms with E-state index in [0.29, 0.717) is 16.8 Å². The fourth-order valence-corrected chi connectivity index (χ4v) is 4.57. The van der Waals surface area contributed by atoms with Gasteiger partial charge in [0.05, 0.1) is 16.0 Å². The van der Waals surface area contributed by atoms with Crippen molar-refractivity contribution in [2.24, 2.45) is 10.1 Å². The number of carbonyl (C=O) groups excluding carboxylic acids is 1. The Labute approximate surface area is 225 Å². The number of hydrogen-bond acceptors (Lipinski definition) is 10. The van der Waals surface area contributed by atoms with E-state index in [9.17, 15) is 27.5 Å². The Bertz CT molecular complexity index is 1850. The Morgan fingerprint density at radius 3 is 2.70 bits per heavy atom. The van der Waals surface area contributed by atoms with Gasteiger partial charge in [0.1, 0.15) is 23.2 Å². The normalized spacial score (nSPS) is 15.4. The predicted molar refractivity (Wildman–Crippen MR) is 141 cm³/mol. The third-order valence-electron chi connectivity index (χ3n) is 5.81. The van der Waals surface area contributed by atoms with Gasteiger partial charge in [-0.05, 0) is 48.9 Å². The van der Waals surface area contributed by atoms with E-state index in [1.165, 1.54) is 54.7 Å². The molecule has 3 heterocycles. The average Bonchev–Trinajstić information content (AvgIpc) is 3.29. The lowest BCUT2D eigenvalue weighted by molar-refractivity contribution is -0.113. The number of carbonyl (C=O) groups is 2. The van der Waals surface area contributed by atoms with Crippen LogP contribution in [0.25, 0.3) is 11.1 Å². The molecule has 0 aliphatic carbocycles. The fraction of sp³-hybridized carbons (Fsp3) is 0.0800. The minimum Gasteiger partial charge on any atom is -0.478 e. The van der Waals surface area contributed by atoms with E-state index in [-0.39, 0.29) is 39.4 Å². The minimum absolute atomic E-state index is 0.0146. The van der Waals surface area contributed by atoms with Gasteiger partial charge < -0.3 is 20.2 Å². The number of rotatable bonds is 6. The van der Waals surface area contributed by atoms with E-state index in [0.717, 1.165) is 0 Å². The molecule has 0 saturated heterocycles. The summed E-state index contributed by atoms with van der Waals surface area (Å²) in [4.78, 5) is 37.4. The monoisotopic (exact) mass is 565 g/mol. The zero-order valence-electron chi connectivity index (χ0n) is 20.5. The fourth-order valence-electron chi connectivity index (χ4n) is 4.01. The number of oxazole rings is 1. The van der Waals surface area contributed by atoms with Crippen LogP contribution in [-0.4, -0.2) is 41.3 Å². The Kier molecular flexibility index (Phi) is 6.74. The maximum absolute atomic E-state index is 13.6. The van der Waals surface area contributed by atoms with Crippen molar-refractivity contribution in [2.75, 3.05) is 10.6 Å². The van der Waals surface area contributed by atoms with E-state index in [2.05, 4.69) is 30.9 Å². The largest absolute Gasteiger partial charge is 0.478 e. The first-order valence-corrected chi connectivity index (χ1v) is 13.0. The summed E-state index contributed by atoms with van der Waals surface area (Å²) in [5.41, 5.74) is 1.21. The summed E-state index contributed by atoms with van der Waals surface area (Å²) in [5.74, 6) is -2.30. The molecule has 1 aliphatic heterocycles. The van der Waals surface area contributed by atoms with Crippen molar-refractivity contribution < 1.29 is 31.9 Å². The minimum atomic E-state index is -4.07. The number of pyridine rings is 1. The molecule has 2 aromatic carbocycles. The van der Waals surface area contributed by atoms with Crippen molar-refractivity contribution >= 4 is 50.8 Å². The van der Waals surface area contributed by atoms with Crippen LogP contribution in [0.5, 0.6) is 0 Å². The molecule has 1 unspecified atom stereocenters. The lowest BCUT2D eigenvalue weighted by Gasteiger charge is -2.26. The quantitative estimate of drug-likeness (QED) is 0.231. The van der Waals surface area contributed by atoms with Gasteiger partial charge in [-0.25, -0.2) is 32.7 Å². The number of amides is 1. The number of sulfonamides is 1. The van der Waals surface area contributed by atoms with Crippen molar-refractivity contribution in [3.8, 4) is 0 Å². The molecule has 40 heavy (non-hydrogen) atoms. The van der Waals surface area contributed by atoms with Gasteiger partial charge >= 0.3 is 12.0 Å². The molecule has 4 aromatic rings. The van der Waals surface area contributed by atoms with Gasteiger partial charge in [-0.2, -0.15) is 4.98 Å². The number of allylic oxidation sites excluding steroid dienone is 1. The molecule has 204 valence electrons. The molecule has 13 nitrogen and oxygen atoms in total. The number of nitrogens with zero attached hydrogens (tertiary/aromatic N) is 3. The summed E-state index contributed by atoms with van der Waals surface area (Å²) in [6.07, 6.45) is 1.23. The zero-order valence-corrected chi connectivity index (χ0v) is 21.4. The lowest BCUT2D eigenvalue weighted by Crippen LogP contribution is -2.37. The highest BCUT2D eigenvalue weighted by Crippen LogP contribution is 2.33. The van der Waals surface area contributed by atoms with Crippen LogP contribution in [0.15, 0.2) is 86.4 Å². The molecule has 2 aromatic heterocycles. The van der Waals surface area contributed by atoms with Crippen LogP contribution in [-0.2, 0) is 14.8 Å². The SMILES string of the molecule is CC1=C(C(=O)Nc2cc(C(=O)O)ccn2)C(c2cccc(S(N)(=O)=O)c2)N=C(Nc2nc3ccc(F)cc3o2)N1. The molecule has 0 bridgehead atoms. The summed E-state index contributed by atoms with van der Waals surface area (Å²) in [5, 5.41) is 22.9. The first-order valence-electron chi connectivity index (χ1n) is 11.5. The van der Waals surface area contributed by atoms with Gasteiger partial charge in [-0.3, -0.25) is 10.1 Å². The van der Waals surface area contributed by atoms with Crippen LogP contribution in [0, 0.1) is 5.82 Å². The number of guanidine groups is 1. The zero-order chi connectivity index (χ0) is 28.6. The maximum Gasteiger partial charge on any atom is 0.335 e. The molecule has 15 heteroatoms. The van der Waals surface area contributed by atoms with Crippen LogP contribution in [0.4, 0.5) is 16.2 Å². The van der Waals surface area contributed by atoms with Crippen LogP contribution in [0.1, 0.15) is 28.9 Å². The molecular weight excluding hydrogens is 545 g/mol. The lowest BCUT2D eigenvalue weighted by atomic mass is 9.95. The molecule has 0 spiro atoms. The Balaban J connectivity index is 1.52. The molecule has 0 saturated carbocycles. The van der Waals surface area contributed by atoms with Crippen LogP contribution in [0.2, 0.25) is 0 Å². The third-order valence-corrected chi connectivity index (χ3v) is 6.72. The van der Waals surface area contributed by atoms with Crippen molar-refractivity contribution in [2.45, 2.75) is 17.9 Å². The number of halogens is 1. The first kappa shape index (κ1) is 26.5. The number of hydrogen-bond donors (Lipinski definition) is 5. The summed E-state index contributed by atoms with van der Waals surface area (Å²) in [7, 11) is -4.07. The second-order valence-electron chi connectivity index (χ2n) is 8.61. The number of nitrogens with one attached hydrogen (secondary N) is 3. The topological polar surface area (TPSA) is 202 Å². The Morgan fingerprint density at radius 2 is 1.95 bits per heavy atom. The number of aromatic carboxylic acids is 1. The van der Waals surface area contributed by atoms with E-state index in [1.54, 1.807) is 13.0 Å². The number of carboxylic acid groups (broad SMARTS) is 1. The number of fused-ring (bicyclic) bond motifs is 1. The highest BCUT2D eigenvalue weighted by atomic mass is 32.2. The van der Waals surface area contributed by atoms with E-state index >= 15 is 0 Å². The van der Waals surface area contributed by atoms with E-state index in [4.69, 9.17) is 9.56 Å². The molecule has 0 radical (unpaired) electrons. The molecule has 5 rings (SSSR count). The summed E-state index contributed by atoms with van der Waals surface area (Å²) in [6.45, 7) is 1.59. The van der Waals surface area contributed by atoms with Crippen LogP contribution < -0.4 is 21.1 Å². The molecule has 1 aliphatic rings. The molecule has 1 amide bonds. The number of nitrogens with two attached hydrogens (primary N) is 1. The smallest absolute Gasteiger partial charge is 0.335 e. The number of aromatic nitrogens is 2. The van der Waals surface area contributed by atoms with Gasteiger partial charge in [0.15, 0.2) is 5.58 Å². The Hall–Kier alpha value is -5.15. The molecule has 6 N–H and O–H groups in total. The second kappa shape index (κ2) is 10.2. The average molecular weight is 566 g/mol. The van der Waals surface area contributed by atoms with Crippen molar-refractivity contribution in [3.05, 3.63) is 89.0 Å². The number of benzene rings is 2. The Morgan fingerprint density at radius 1 is 1.15 bits per heavy atom. The van der Waals surface area contributed by atoms with E-state index in [1.807, 2.05) is 0 Å². The number of anilines is 2. The molecule has 1 atom stereocenters.